The summed E-state index contributed by atoms with van der Waals surface area (Å²) < 4.78 is 34.0. The minimum Gasteiger partial charge on any atom is -0.492 e. The molecule has 2 heterocycles. The maximum atomic E-state index is 13.4. The molecule has 0 N–H and O–H groups in total. The monoisotopic (exact) mass is 481 g/mol. The summed E-state index contributed by atoms with van der Waals surface area (Å²) in [6.07, 6.45) is 2.68. The number of aromatic nitrogens is 1. The van der Waals surface area contributed by atoms with Gasteiger partial charge in [0, 0.05) is 37.6 Å². The van der Waals surface area contributed by atoms with Crippen LogP contribution < -0.4 is 4.74 Å². The fourth-order valence-corrected chi connectivity index (χ4v) is 5.93. The van der Waals surface area contributed by atoms with Crippen LogP contribution in [0.1, 0.15) is 24.0 Å². The van der Waals surface area contributed by atoms with E-state index in [4.69, 9.17) is 4.74 Å². The van der Waals surface area contributed by atoms with Gasteiger partial charge in [-0.3, -0.25) is 9.78 Å². The number of para-hydroxylation sites is 1. The molecule has 1 aliphatic heterocycles. The minimum atomic E-state index is -3.69. The lowest BCUT2D eigenvalue weighted by Crippen LogP contribution is -2.44. The molecule has 2 aromatic carbocycles. The van der Waals surface area contributed by atoms with Crippen LogP contribution in [0.3, 0.4) is 0 Å². The van der Waals surface area contributed by atoms with Crippen LogP contribution in [0.5, 0.6) is 5.75 Å². The number of aryl methyl sites for hydroxylation is 2. The zero-order chi connectivity index (χ0) is 24.3. The van der Waals surface area contributed by atoms with Crippen molar-refractivity contribution in [1.82, 2.24) is 14.2 Å². The molecule has 7 nitrogen and oxygen atoms in total. The van der Waals surface area contributed by atoms with Crippen LogP contribution in [0, 0.1) is 19.8 Å². The highest BCUT2D eigenvalue weighted by atomic mass is 32.2. The van der Waals surface area contributed by atoms with Crippen LogP contribution >= 0.6 is 0 Å². The van der Waals surface area contributed by atoms with E-state index in [9.17, 15) is 13.2 Å². The highest BCUT2D eigenvalue weighted by molar-refractivity contribution is 7.89. The van der Waals surface area contributed by atoms with E-state index < -0.39 is 10.0 Å². The van der Waals surface area contributed by atoms with Crippen LogP contribution in [-0.2, 0) is 14.8 Å². The fraction of sp³-hybridized carbons (Fsp3) is 0.385. The van der Waals surface area contributed by atoms with Gasteiger partial charge in [-0.2, -0.15) is 4.31 Å². The number of carbonyl (C=O) groups is 1. The smallest absolute Gasteiger partial charge is 0.245 e. The number of rotatable bonds is 7. The van der Waals surface area contributed by atoms with Gasteiger partial charge in [0.2, 0.25) is 15.9 Å². The third-order valence-corrected chi connectivity index (χ3v) is 8.25. The van der Waals surface area contributed by atoms with E-state index in [1.807, 2.05) is 50.2 Å². The van der Waals surface area contributed by atoms with E-state index in [0.29, 0.717) is 44.6 Å². The topological polar surface area (TPSA) is 79.8 Å². The second kappa shape index (κ2) is 10.1. The Hall–Kier alpha value is -2.97. The number of benzene rings is 2. The molecule has 34 heavy (non-hydrogen) atoms. The summed E-state index contributed by atoms with van der Waals surface area (Å²) in [5, 5.41) is 0.806. The van der Waals surface area contributed by atoms with E-state index in [1.165, 1.54) is 9.87 Å². The van der Waals surface area contributed by atoms with Gasteiger partial charge in [0.15, 0.2) is 0 Å². The maximum Gasteiger partial charge on any atom is 0.245 e. The number of sulfonamides is 1. The lowest BCUT2D eigenvalue weighted by molar-refractivity contribution is -0.135. The Bertz CT molecular complexity index is 1270. The molecule has 0 radical (unpaired) electrons. The lowest BCUT2D eigenvalue weighted by atomic mass is 9.97. The Kier molecular flexibility index (Phi) is 7.19. The number of amides is 1. The molecule has 8 heteroatoms. The average molecular weight is 482 g/mol. The molecule has 1 aliphatic rings. The van der Waals surface area contributed by atoms with E-state index in [-0.39, 0.29) is 16.7 Å². The average Bonchev–Trinajstić information content (AvgIpc) is 2.84. The molecule has 1 aromatic heterocycles. The lowest BCUT2D eigenvalue weighted by Gasteiger charge is -2.32. The molecular formula is C26H31N3O4S. The van der Waals surface area contributed by atoms with Gasteiger partial charge in [-0.1, -0.05) is 29.8 Å². The van der Waals surface area contributed by atoms with Gasteiger partial charge in [-0.05, 0) is 56.5 Å². The number of ether oxygens (including phenoxy) is 1. The van der Waals surface area contributed by atoms with Gasteiger partial charge in [-0.15, -0.1) is 0 Å². The summed E-state index contributed by atoms with van der Waals surface area (Å²) in [5.74, 6) is 0.624. The number of fused-ring (bicyclic) bond motifs is 1. The van der Waals surface area contributed by atoms with Crippen molar-refractivity contribution in [2.24, 2.45) is 5.92 Å². The van der Waals surface area contributed by atoms with Crippen molar-refractivity contribution < 1.29 is 17.9 Å². The number of pyridine rings is 1. The summed E-state index contributed by atoms with van der Waals surface area (Å²) in [5.41, 5.74) is 2.63. The third-order valence-electron chi connectivity index (χ3n) is 6.32. The number of likely N-dealkylation sites (N-methyl/N-ethyl adjacent to an activating group) is 1. The van der Waals surface area contributed by atoms with Crippen molar-refractivity contribution in [3.05, 3.63) is 65.9 Å². The summed E-state index contributed by atoms with van der Waals surface area (Å²) in [4.78, 5) is 19.2. The maximum absolute atomic E-state index is 13.4. The second-order valence-corrected chi connectivity index (χ2v) is 10.8. The first-order valence-corrected chi connectivity index (χ1v) is 13.0. The number of nitrogens with zero attached hydrogens (tertiary/aromatic N) is 3. The van der Waals surface area contributed by atoms with E-state index in [1.54, 1.807) is 30.3 Å². The molecule has 0 atom stereocenters. The standard InChI is InChI=1S/C26H31N3O4S/c1-19-7-9-23(10-8-19)33-16-15-28(3)26(30)21-11-13-29(14-12-21)34(31,32)24-6-4-5-22-17-20(2)18-27-25(22)24/h4-10,17-18,21H,11-16H2,1-3H3. The predicted molar refractivity (Wildman–Crippen MR) is 132 cm³/mol. The minimum absolute atomic E-state index is 0.0341. The summed E-state index contributed by atoms with van der Waals surface area (Å²) in [7, 11) is -1.92. The van der Waals surface area contributed by atoms with Gasteiger partial charge in [0.1, 0.15) is 17.3 Å². The molecule has 0 saturated carbocycles. The van der Waals surface area contributed by atoms with Crippen molar-refractivity contribution in [2.45, 2.75) is 31.6 Å². The van der Waals surface area contributed by atoms with Gasteiger partial charge < -0.3 is 9.64 Å². The van der Waals surface area contributed by atoms with Crippen molar-refractivity contribution in [1.29, 1.82) is 0 Å². The van der Waals surface area contributed by atoms with Gasteiger partial charge in [-0.25, -0.2) is 8.42 Å². The fourth-order valence-electron chi connectivity index (χ4n) is 4.29. The molecule has 1 amide bonds. The molecule has 4 rings (SSSR count). The van der Waals surface area contributed by atoms with Crippen LogP contribution in [0.2, 0.25) is 0 Å². The van der Waals surface area contributed by atoms with E-state index in [0.717, 1.165) is 16.7 Å². The zero-order valence-electron chi connectivity index (χ0n) is 19.9. The van der Waals surface area contributed by atoms with Crippen molar-refractivity contribution in [2.75, 3.05) is 33.3 Å². The summed E-state index contributed by atoms with van der Waals surface area (Å²) in [6, 6.07) is 15.0. The number of carbonyl (C=O) groups excluding carboxylic acids is 1. The third kappa shape index (κ3) is 5.23. The quantitative estimate of drug-likeness (QED) is 0.513. The Morgan fingerprint density at radius 1 is 1.09 bits per heavy atom. The highest BCUT2D eigenvalue weighted by Crippen LogP contribution is 2.28. The number of hydrogen-bond donors (Lipinski definition) is 0. The number of hydrogen-bond acceptors (Lipinski definition) is 5. The molecule has 0 spiro atoms. The molecule has 1 saturated heterocycles. The van der Waals surface area contributed by atoms with Gasteiger partial charge in [0.25, 0.3) is 0 Å². The Morgan fingerprint density at radius 2 is 1.79 bits per heavy atom. The largest absolute Gasteiger partial charge is 0.492 e. The molecule has 0 unspecified atom stereocenters. The first-order valence-electron chi connectivity index (χ1n) is 11.6. The van der Waals surface area contributed by atoms with E-state index >= 15 is 0 Å². The molecule has 180 valence electrons. The van der Waals surface area contributed by atoms with Gasteiger partial charge in [0.05, 0.1) is 12.1 Å². The summed E-state index contributed by atoms with van der Waals surface area (Å²) >= 11 is 0. The van der Waals surface area contributed by atoms with Crippen LogP contribution in [-0.4, -0.2) is 61.8 Å². The zero-order valence-corrected chi connectivity index (χ0v) is 20.7. The van der Waals surface area contributed by atoms with Gasteiger partial charge >= 0.3 is 0 Å². The van der Waals surface area contributed by atoms with E-state index in [2.05, 4.69) is 4.98 Å². The van der Waals surface area contributed by atoms with Crippen molar-refractivity contribution in [3.8, 4) is 5.75 Å². The molecule has 0 bridgehead atoms. The Balaban J connectivity index is 1.34. The molecule has 3 aromatic rings. The normalized spacial score (nSPS) is 15.4. The van der Waals surface area contributed by atoms with Crippen LogP contribution in [0.25, 0.3) is 10.9 Å². The highest BCUT2D eigenvalue weighted by Gasteiger charge is 2.34. The Labute approximate surface area is 201 Å². The second-order valence-electron chi connectivity index (χ2n) is 8.94. The van der Waals surface area contributed by atoms with Crippen molar-refractivity contribution in [3.63, 3.8) is 0 Å². The molecule has 1 fully saturated rings. The van der Waals surface area contributed by atoms with Crippen LogP contribution in [0.15, 0.2) is 59.6 Å². The first-order chi connectivity index (χ1) is 16.3. The SMILES string of the molecule is Cc1ccc(OCCN(C)C(=O)C2CCN(S(=O)(=O)c3cccc4cc(C)cnc34)CC2)cc1. The molecular weight excluding hydrogens is 450 g/mol. The first kappa shape index (κ1) is 24.2. The number of piperidine rings is 1. The van der Waals surface area contributed by atoms with Crippen molar-refractivity contribution >= 4 is 26.8 Å². The van der Waals surface area contributed by atoms with Crippen LogP contribution in [0.4, 0.5) is 0 Å². The summed E-state index contributed by atoms with van der Waals surface area (Å²) in [6.45, 7) is 5.47. The Morgan fingerprint density at radius 3 is 2.50 bits per heavy atom. The molecule has 0 aliphatic carbocycles. The predicted octanol–water partition coefficient (Wildman–Crippen LogP) is 3.79.